The van der Waals surface area contributed by atoms with Crippen molar-refractivity contribution < 1.29 is 4.79 Å². The predicted molar refractivity (Wildman–Crippen MR) is 101 cm³/mol. The minimum Gasteiger partial charge on any atom is -0.302 e. The Morgan fingerprint density at radius 3 is 2.35 bits per heavy atom. The quantitative estimate of drug-likeness (QED) is 0.549. The van der Waals surface area contributed by atoms with Gasteiger partial charge in [-0.25, -0.2) is 0 Å². The molecule has 0 N–H and O–H groups in total. The van der Waals surface area contributed by atoms with Gasteiger partial charge in [-0.1, -0.05) is 66.1 Å². The molecule has 2 aromatic rings. The van der Waals surface area contributed by atoms with Crippen LogP contribution in [0.5, 0.6) is 0 Å². The number of para-hydroxylation sites is 2. The van der Waals surface area contributed by atoms with Crippen molar-refractivity contribution in [3.8, 4) is 0 Å². The summed E-state index contributed by atoms with van der Waals surface area (Å²) in [5.41, 5.74) is 2.14. The molecule has 0 atom stereocenters. The van der Waals surface area contributed by atoms with Gasteiger partial charge in [0.2, 0.25) is 0 Å². The van der Waals surface area contributed by atoms with Crippen LogP contribution < -0.4 is 4.90 Å². The van der Waals surface area contributed by atoms with Crippen LogP contribution in [0.1, 0.15) is 0 Å². The van der Waals surface area contributed by atoms with Crippen LogP contribution in [0.25, 0.3) is 0 Å². The third kappa shape index (κ3) is 2.38. The summed E-state index contributed by atoms with van der Waals surface area (Å²) in [6, 6.07) is 18.3. The van der Waals surface area contributed by atoms with Gasteiger partial charge in [-0.15, -0.1) is 0 Å². The standard InChI is InChI=1S/C17H12N2OS3/c1-18-15(20)14(23-17(18)21)16-19(11-7-3-2-4-8-11)12-9-5-6-10-13(12)22-16/h2-10H,1H3. The van der Waals surface area contributed by atoms with Gasteiger partial charge in [-0.05, 0) is 24.3 Å². The zero-order valence-corrected chi connectivity index (χ0v) is 14.7. The van der Waals surface area contributed by atoms with E-state index in [0.29, 0.717) is 9.23 Å². The SMILES string of the molecule is CN1C(=O)C(=C2Sc3ccccc3N2c2ccccc2)SC1=S. The number of hydrogen-bond acceptors (Lipinski definition) is 5. The van der Waals surface area contributed by atoms with Gasteiger partial charge < -0.3 is 4.90 Å². The van der Waals surface area contributed by atoms with Crippen LogP contribution in [0.4, 0.5) is 11.4 Å². The third-order valence-electron chi connectivity index (χ3n) is 3.69. The number of amides is 1. The lowest BCUT2D eigenvalue weighted by Gasteiger charge is -2.21. The smallest absolute Gasteiger partial charge is 0.268 e. The molecular weight excluding hydrogens is 344 g/mol. The highest BCUT2D eigenvalue weighted by atomic mass is 32.2. The van der Waals surface area contributed by atoms with E-state index < -0.39 is 0 Å². The van der Waals surface area contributed by atoms with Crippen molar-refractivity contribution in [3.63, 3.8) is 0 Å². The summed E-state index contributed by atoms with van der Waals surface area (Å²) in [7, 11) is 1.73. The Labute approximate surface area is 148 Å². The Bertz CT molecular complexity index is 848. The van der Waals surface area contributed by atoms with E-state index in [9.17, 15) is 4.79 Å². The summed E-state index contributed by atoms with van der Waals surface area (Å²) in [6.45, 7) is 0. The lowest BCUT2D eigenvalue weighted by Crippen LogP contribution is -2.23. The minimum absolute atomic E-state index is 0.0313. The first-order valence-electron chi connectivity index (χ1n) is 7.03. The molecule has 1 fully saturated rings. The zero-order valence-electron chi connectivity index (χ0n) is 12.2. The van der Waals surface area contributed by atoms with E-state index in [0.717, 1.165) is 21.3 Å². The molecule has 0 radical (unpaired) electrons. The molecule has 2 aliphatic heterocycles. The second-order valence-electron chi connectivity index (χ2n) is 5.11. The van der Waals surface area contributed by atoms with Gasteiger partial charge >= 0.3 is 0 Å². The molecule has 2 aliphatic rings. The molecule has 3 nitrogen and oxygen atoms in total. The molecule has 0 aromatic heterocycles. The number of anilines is 2. The highest BCUT2D eigenvalue weighted by molar-refractivity contribution is 8.27. The number of likely N-dealkylation sites (N-methyl/N-ethyl adjacent to an activating group) is 1. The monoisotopic (exact) mass is 356 g/mol. The summed E-state index contributed by atoms with van der Waals surface area (Å²) < 4.78 is 0.599. The zero-order chi connectivity index (χ0) is 16.0. The fraction of sp³-hybridized carbons (Fsp3) is 0.0588. The second-order valence-corrected chi connectivity index (χ2v) is 7.78. The lowest BCUT2D eigenvalue weighted by molar-refractivity contribution is -0.121. The number of carbonyl (C=O) groups is 1. The van der Waals surface area contributed by atoms with Crippen LogP contribution in [0.3, 0.4) is 0 Å². The number of carbonyl (C=O) groups excluding carboxylic acids is 1. The predicted octanol–water partition coefficient (Wildman–Crippen LogP) is 4.59. The topological polar surface area (TPSA) is 23.6 Å². The Morgan fingerprint density at radius 2 is 1.65 bits per heavy atom. The fourth-order valence-electron chi connectivity index (χ4n) is 2.54. The average Bonchev–Trinajstić information content (AvgIpc) is 3.08. The normalized spacial score (nSPS) is 20.4. The van der Waals surface area contributed by atoms with E-state index in [1.54, 1.807) is 18.8 Å². The maximum Gasteiger partial charge on any atom is 0.268 e. The summed E-state index contributed by atoms with van der Waals surface area (Å²) in [4.78, 5) is 18.1. The molecule has 2 heterocycles. The molecule has 114 valence electrons. The summed E-state index contributed by atoms with van der Waals surface area (Å²) >= 11 is 8.27. The number of thiocarbonyl (C=S) groups is 1. The Morgan fingerprint density at radius 1 is 0.957 bits per heavy atom. The molecular formula is C17H12N2OS3. The van der Waals surface area contributed by atoms with Crippen LogP contribution in [-0.4, -0.2) is 22.2 Å². The first-order valence-corrected chi connectivity index (χ1v) is 9.07. The first kappa shape index (κ1) is 14.8. The molecule has 1 saturated heterocycles. The van der Waals surface area contributed by atoms with Crippen molar-refractivity contribution in [2.75, 3.05) is 11.9 Å². The van der Waals surface area contributed by atoms with Crippen LogP contribution in [0.2, 0.25) is 0 Å². The van der Waals surface area contributed by atoms with Crippen LogP contribution in [-0.2, 0) is 4.79 Å². The number of thioether (sulfide) groups is 2. The van der Waals surface area contributed by atoms with E-state index in [-0.39, 0.29) is 5.91 Å². The number of benzene rings is 2. The van der Waals surface area contributed by atoms with Crippen molar-refractivity contribution in [1.82, 2.24) is 4.90 Å². The Hall–Kier alpha value is -1.76. The molecule has 0 aliphatic carbocycles. The van der Waals surface area contributed by atoms with Crippen molar-refractivity contribution in [2.45, 2.75) is 4.90 Å². The Balaban J connectivity index is 1.91. The molecule has 0 saturated carbocycles. The van der Waals surface area contributed by atoms with Crippen molar-refractivity contribution >= 4 is 57.3 Å². The van der Waals surface area contributed by atoms with E-state index in [1.807, 2.05) is 30.3 Å². The average molecular weight is 356 g/mol. The molecule has 0 bridgehead atoms. The summed E-state index contributed by atoms with van der Waals surface area (Å²) in [5, 5.41) is 0.930. The number of rotatable bonds is 1. The van der Waals surface area contributed by atoms with E-state index in [2.05, 4.69) is 29.2 Å². The highest BCUT2D eigenvalue weighted by Gasteiger charge is 2.37. The lowest BCUT2D eigenvalue weighted by atomic mass is 10.2. The van der Waals surface area contributed by atoms with Crippen LogP contribution >= 0.6 is 35.7 Å². The highest BCUT2D eigenvalue weighted by Crippen LogP contribution is 2.53. The Kier molecular flexibility index (Phi) is 3.67. The third-order valence-corrected chi connectivity index (χ3v) is 6.51. The fourth-order valence-corrected chi connectivity index (χ4v) is 5.01. The van der Waals surface area contributed by atoms with E-state index in [1.165, 1.54) is 16.7 Å². The number of nitrogens with zero attached hydrogens (tertiary/aromatic N) is 2. The van der Waals surface area contributed by atoms with Gasteiger partial charge in [0.1, 0.15) is 14.3 Å². The molecule has 1 amide bonds. The maximum absolute atomic E-state index is 12.6. The van der Waals surface area contributed by atoms with Crippen molar-refractivity contribution in [3.05, 3.63) is 64.5 Å². The van der Waals surface area contributed by atoms with E-state index >= 15 is 0 Å². The number of fused-ring (bicyclic) bond motifs is 1. The molecule has 0 spiro atoms. The largest absolute Gasteiger partial charge is 0.302 e. The summed E-state index contributed by atoms with van der Waals surface area (Å²) in [5.74, 6) is -0.0313. The van der Waals surface area contributed by atoms with Gasteiger partial charge in [0.15, 0.2) is 0 Å². The van der Waals surface area contributed by atoms with Crippen molar-refractivity contribution in [2.24, 2.45) is 0 Å². The minimum atomic E-state index is -0.0313. The van der Waals surface area contributed by atoms with Gasteiger partial charge in [-0.2, -0.15) is 0 Å². The van der Waals surface area contributed by atoms with Crippen LogP contribution in [0, 0.1) is 0 Å². The molecule has 23 heavy (non-hydrogen) atoms. The maximum atomic E-state index is 12.6. The summed E-state index contributed by atoms with van der Waals surface area (Å²) in [6.07, 6.45) is 0. The first-order chi connectivity index (χ1) is 11.2. The molecule has 6 heteroatoms. The van der Waals surface area contributed by atoms with Crippen molar-refractivity contribution in [1.29, 1.82) is 0 Å². The van der Waals surface area contributed by atoms with Gasteiger partial charge in [0.25, 0.3) is 5.91 Å². The van der Waals surface area contributed by atoms with Crippen LogP contribution in [0.15, 0.2) is 69.4 Å². The molecule has 2 aromatic carbocycles. The van der Waals surface area contributed by atoms with Gasteiger partial charge in [0, 0.05) is 17.6 Å². The molecule has 0 unspecified atom stereocenters. The number of hydrogen-bond donors (Lipinski definition) is 0. The van der Waals surface area contributed by atoms with Gasteiger partial charge in [0.05, 0.1) is 5.69 Å². The van der Waals surface area contributed by atoms with E-state index in [4.69, 9.17) is 12.2 Å². The molecule has 4 rings (SSSR count). The van der Waals surface area contributed by atoms with Gasteiger partial charge in [-0.3, -0.25) is 9.69 Å². The second kappa shape index (κ2) is 5.70.